The molecule has 0 unspecified atom stereocenters. The van der Waals surface area contributed by atoms with Crippen molar-refractivity contribution in [2.45, 2.75) is 25.8 Å². The molecule has 0 aliphatic carbocycles. The number of amides is 1. The lowest BCUT2D eigenvalue weighted by Gasteiger charge is -2.09. The normalized spacial score (nSPS) is 10.5. The van der Waals surface area contributed by atoms with Crippen LogP contribution in [0.4, 0.5) is 5.69 Å². The van der Waals surface area contributed by atoms with Gasteiger partial charge in [-0.3, -0.25) is 4.79 Å². The highest BCUT2D eigenvalue weighted by atomic mass is 16.5. The Morgan fingerprint density at radius 1 is 1.12 bits per heavy atom. The second-order valence-corrected chi connectivity index (χ2v) is 6.00. The summed E-state index contributed by atoms with van der Waals surface area (Å²) in [5.74, 6) is 0.621. The molecule has 26 heavy (non-hydrogen) atoms. The zero-order chi connectivity index (χ0) is 18.2. The minimum atomic E-state index is -0.0359. The van der Waals surface area contributed by atoms with E-state index in [0.29, 0.717) is 37.2 Å². The number of nitrogens with one attached hydrogen (secondary N) is 1. The molecule has 0 bridgehead atoms. The molecule has 1 aromatic heterocycles. The lowest BCUT2D eigenvalue weighted by molar-refractivity contribution is -0.116. The molecule has 0 aliphatic heterocycles. The predicted molar refractivity (Wildman–Crippen MR) is 100 cm³/mol. The van der Waals surface area contributed by atoms with Crippen LogP contribution >= 0.6 is 0 Å². The van der Waals surface area contributed by atoms with Gasteiger partial charge in [0, 0.05) is 12.6 Å². The standard InChI is InChI=1S/C20H22N4O2/c1-26-19-12-6-5-11-18(19)21-20(25)13-7-10-17-15-24(23-22-17)14-16-8-3-2-4-9-16/h2-6,8-9,11-12,15H,7,10,13-14H2,1H3,(H,21,25). The quantitative estimate of drug-likeness (QED) is 0.677. The first kappa shape index (κ1) is 17.7. The summed E-state index contributed by atoms with van der Waals surface area (Å²) in [4.78, 5) is 12.1. The van der Waals surface area contributed by atoms with E-state index in [1.807, 2.05) is 53.3 Å². The number of para-hydroxylation sites is 2. The van der Waals surface area contributed by atoms with Gasteiger partial charge in [0.15, 0.2) is 0 Å². The van der Waals surface area contributed by atoms with Gasteiger partial charge in [0.25, 0.3) is 0 Å². The lowest BCUT2D eigenvalue weighted by atomic mass is 10.2. The van der Waals surface area contributed by atoms with E-state index >= 15 is 0 Å². The van der Waals surface area contributed by atoms with Gasteiger partial charge in [-0.25, -0.2) is 4.68 Å². The highest BCUT2D eigenvalue weighted by Gasteiger charge is 2.08. The Morgan fingerprint density at radius 2 is 1.88 bits per heavy atom. The number of hydrogen-bond donors (Lipinski definition) is 1. The number of rotatable bonds is 8. The second kappa shape index (κ2) is 8.80. The Labute approximate surface area is 152 Å². The van der Waals surface area contributed by atoms with Gasteiger partial charge < -0.3 is 10.1 Å². The number of aromatic nitrogens is 3. The molecular formula is C20H22N4O2. The summed E-state index contributed by atoms with van der Waals surface area (Å²) in [7, 11) is 1.59. The number of aryl methyl sites for hydroxylation is 1. The van der Waals surface area contributed by atoms with Gasteiger partial charge in [0.1, 0.15) is 5.75 Å². The molecule has 0 atom stereocenters. The van der Waals surface area contributed by atoms with E-state index in [4.69, 9.17) is 4.74 Å². The van der Waals surface area contributed by atoms with Crippen LogP contribution in [0, 0.1) is 0 Å². The molecule has 134 valence electrons. The molecule has 0 fully saturated rings. The van der Waals surface area contributed by atoms with Gasteiger partial charge in [0.2, 0.25) is 5.91 Å². The van der Waals surface area contributed by atoms with E-state index in [-0.39, 0.29) is 5.91 Å². The predicted octanol–water partition coefficient (Wildman–Crippen LogP) is 3.30. The van der Waals surface area contributed by atoms with E-state index in [0.717, 1.165) is 5.69 Å². The van der Waals surface area contributed by atoms with E-state index in [9.17, 15) is 4.79 Å². The maximum absolute atomic E-state index is 12.1. The lowest BCUT2D eigenvalue weighted by Crippen LogP contribution is -2.12. The maximum Gasteiger partial charge on any atom is 0.224 e. The molecule has 0 spiro atoms. The van der Waals surface area contributed by atoms with E-state index in [1.54, 1.807) is 7.11 Å². The highest BCUT2D eigenvalue weighted by molar-refractivity contribution is 5.92. The molecule has 0 aliphatic rings. The average molecular weight is 350 g/mol. The first-order valence-electron chi connectivity index (χ1n) is 8.60. The van der Waals surface area contributed by atoms with Crippen molar-refractivity contribution in [1.29, 1.82) is 0 Å². The number of carbonyl (C=O) groups is 1. The Kier molecular flexibility index (Phi) is 5.98. The largest absolute Gasteiger partial charge is 0.495 e. The van der Waals surface area contributed by atoms with Crippen LogP contribution in [0.5, 0.6) is 5.75 Å². The van der Waals surface area contributed by atoms with Gasteiger partial charge in [-0.15, -0.1) is 5.10 Å². The van der Waals surface area contributed by atoms with Crippen molar-refractivity contribution in [3.63, 3.8) is 0 Å². The van der Waals surface area contributed by atoms with Gasteiger partial charge >= 0.3 is 0 Å². The Hall–Kier alpha value is -3.15. The van der Waals surface area contributed by atoms with Crippen LogP contribution in [0.25, 0.3) is 0 Å². The van der Waals surface area contributed by atoms with Crippen molar-refractivity contribution in [2.24, 2.45) is 0 Å². The molecule has 2 aromatic carbocycles. The summed E-state index contributed by atoms with van der Waals surface area (Å²) in [6, 6.07) is 17.5. The third kappa shape index (κ3) is 4.92. The zero-order valence-corrected chi connectivity index (χ0v) is 14.8. The zero-order valence-electron chi connectivity index (χ0n) is 14.8. The van der Waals surface area contributed by atoms with Crippen molar-refractivity contribution < 1.29 is 9.53 Å². The molecule has 1 heterocycles. The summed E-state index contributed by atoms with van der Waals surface area (Å²) in [6.45, 7) is 0.697. The summed E-state index contributed by atoms with van der Waals surface area (Å²) in [5, 5.41) is 11.2. The minimum absolute atomic E-state index is 0.0359. The van der Waals surface area contributed by atoms with Crippen molar-refractivity contribution in [2.75, 3.05) is 12.4 Å². The van der Waals surface area contributed by atoms with Gasteiger partial charge in [0.05, 0.1) is 25.0 Å². The van der Waals surface area contributed by atoms with Crippen LogP contribution in [0.3, 0.4) is 0 Å². The Morgan fingerprint density at radius 3 is 2.69 bits per heavy atom. The molecule has 6 heteroatoms. The van der Waals surface area contributed by atoms with Crippen LogP contribution in [0.2, 0.25) is 0 Å². The van der Waals surface area contributed by atoms with Crippen LogP contribution in [-0.4, -0.2) is 28.0 Å². The fraction of sp³-hybridized carbons (Fsp3) is 0.250. The van der Waals surface area contributed by atoms with Crippen molar-refractivity contribution in [3.8, 4) is 5.75 Å². The molecule has 6 nitrogen and oxygen atoms in total. The summed E-state index contributed by atoms with van der Waals surface area (Å²) < 4.78 is 7.05. The fourth-order valence-corrected chi connectivity index (χ4v) is 2.69. The van der Waals surface area contributed by atoms with E-state index < -0.39 is 0 Å². The number of ether oxygens (including phenoxy) is 1. The first-order valence-corrected chi connectivity index (χ1v) is 8.60. The number of anilines is 1. The number of benzene rings is 2. The first-order chi connectivity index (χ1) is 12.7. The summed E-state index contributed by atoms with van der Waals surface area (Å²) in [5.41, 5.74) is 2.76. The van der Waals surface area contributed by atoms with Crippen LogP contribution in [0.15, 0.2) is 60.8 Å². The maximum atomic E-state index is 12.1. The number of hydrogen-bond acceptors (Lipinski definition) is 4. The van der Waals surface area contributed by atoms with Crippen LogP contribution in [0.1, 0.15) is 24.1 Å². The Bertz CT molecular complexity index is 846. The van der Waals surface area contributed by atoms with E-state index in [2.05, 4.69) is 27.8 Å². The summed E-state index contributed by atoms with van der Waals surface area (Å²) in [6.07, 6.45) is 3.79. The average Bonchev–Trinajstić information content (AvgIpc) is 3.10. The third-order valence-electron chi connectivity index (χ3n) is 3.99. The SMILES string of the molecule is COc1ccccc1NC(=O)CCCc1cn(Cc2ccccc2)nn1. The summed E-state index contributed by atoms with van der Waals surface area (Å²) >= 11 is 0. The molecule has 1 amide bonds. The van der Waals surface area contributed by atoms with E-state index in [1.165, 1.54) is 5.56 Å². The van der Waals surface area contributed by atoms with Crippen molar-refractivity contribution in [3.05, 3.63) is 72.1 Å². The van der Waals surface area contributed by atoms with Gasteiger partial charge in [-0.05, 0) is 30.5 Å². The number of carbonyl (C=O) groups excluding carboxylic acids is 1. The monoisotopic (exact) mass is 350 g/mol. The minimum Gasteiger partial charge on any atom is -0.495 e. The third-order valence-corrected chi connectivity index (χ3v) is 3.99. The highest BCUT2D eigenvalue weighted by Crippen LogP contribution is 2.23. The topological polar surface area (TPSA) is 69.0 Å². The van der Waals surface area contributed by atoms with Gasteiger partial charge in [-0.2, -0.15) is 0 Å². The molecule has 0 saturated heterocycles. The Balaban J connectivity index is 1.45. The molecule has 0 radical (unpaired) electrons. The number of methoxy groups -OCH3 is 1. The van der Waals surface area contributed by atoms with Gasteiger partial charge in [-0.1, -0.05) is 47.7 Å². The number of nitrogens with zero attached hydrogens (tertiary/aromatic N) is 3. The van der Waals surface area contributed by atoms with Crippen LogP contribution < -0.4 is 10.1 Å². The molecule has 0 saturated carbocycles. The second-order valence-electron chi connectivity index (χ2n) is 6.00. The fourth-order valence-electron chi connectivity index (χ4n) is 2.69. The van der Waals surface area contributed by atoms with Crippen LogP contribution in [-0.2, 0) is 17.8 Å². The smallest absolute Gasteiger partial charge is 0.224 e. The molecular weight excluding hydrogens is 328 g/mol. The molecule has 3 rings (SSSR count). The van der Waals surface area contributed by atoms with Crippen molar-refractivity contribution >= 4 is 11.6 Å². The molecule has 3 aromatic rings. The molecule has 1 N–H and O–H groups in total. The van der Waals surface area contributed by atoms with Crippen molar-refractivity contribution in [1.82, 2.24) is 15.0 Å².